The van der Waals surface area contributed by atoms with Crippen molar-refractivity contribution in [2.24, 2.45) is 0 Å². The summed E-state index contributed by atoms with van der Waals surface area (Å²) in [5.74, 6) is -0.799. The molecule has 0 atom stereocenters. The molecule has 10 nitrogen and oxygen atoms in total. The Labute approximate surface area is 176 Å². The summed E-state index contributed by atoms with van der Waals surface area (Å²) in [6.07, 6.45) is 1.30. The van der Waals surface area contributed by atoms with Gasteiger partial charge in [0.1, 0.15) is 5.82 Å². The maximum absolute atomic E-state index is 14.7. The molecule has 1 saturated heterocycles. The zero-order chi connectivity index (χ0) is 22.1. The summed E-state index contributed by atoms with van der Waals surface area (Å²) in [7, 11) is -4.42. The fourth-order valence-corrected chi connectivity index (χ4v) is 5.18. The molecule has 0 unspecified atom stereocenters. The predicted molar refractivity (Wildman–Crippen MR) is 106 cm³/mol. The molecule has 0 spiro atoms. The summed E-state index contributed by atoms with van der Waals surface area (Å²) in [6.45, 7) is 0.734. The van der Waals surface area contributed by atoms with Gasteiger partial charge in [-0.1, -0.05) is 16.3 Å². The average molecular weight is 467 g/mol. The van der Waals surface area contributed by atoms with Crippen LogP contribution >= 0.6 is 11.6 Å². The minimum absolute atomic E-state index is 0.142. The van der Waals surface area contributed by atoms with Gasteiger partial charge in [0.25, 0.3) is 5.56 Å². The van der Waals surface area contributed by atoms with Crippen LogP contribution in [0.3, 0.4) is 0 Å². The number of H-pyrrole nitrogens is 1. The smallest absolute Gasteiger partial charge is 0.362 e. The monoisotopic (exact) mass is 466 g/mol. The van der Waals surface area contributed by atoms with Gasteiger partial charge in [-0.2, -0.15) is 5.10 Å². The number of aromatic nitrogens is 4. The van der Waals surface area contributed by atoms with E-state index in [0.29, 0.717) is 13.2 Å². The van der Waals surface area contributed by atoms with E-state index in [4.69, 9.17) is 16.3 Å². The lowest BCUT2D eigenvalue weighted by Crippen LogP contribution is -2.33. The fraction of sp³-hybridized carbons (Fsp3) is 0.167. The highest BCUT2D eigenvalue weighted by molar-refractivity contribution is 7.91. The van der Waals surface area contributed by atoms with Gasteiger partial charge in [0, 0.05) is 0 Å². The van der Waals surface area contributed by atoms with Crippen molar-refractivity contribution < 1.29 is 22.8 Å². The maximum atomic E-state index is 14.7. The van der Waals surface area contributed by atoms with Gasteiger partial charge in [-0.15, -0.1) is 0 Å². The van der Waals surface area contributed by atoms with Gasteiger partial charge >= 0.3 is 5.69 Å². The molecular formula is C18H12ClFN4O6S. The van der Waals surface area contributed by atoms with Crippen molar-refractivity contribution >= 4 is 43.2 Å². The highest BCUT2D eigenvalue weighted by Gasteiger charge is 2.28. The summed E-state index contributed by atoms with van der Waals surface area (Å²) in [5, 5.41) is 13.3. The highest BCUT2D eigenvalue weighted by atomic mass is 35.5. The number of rotatable bonds is 3. The first-order chi connectivity index (χ1) is 14.7. The number of hydrogen-bond acceptors (Lipinski definition) is 7. The Balaban J connectivity index is 1.80. The lowest BCUT2D eigenvalue weighted by atomic mass is 10.2. The Hall–Kier alpha value is -3.22. The molecule has 0 amide bonds. The molecule has 2 aromatic carbocycles. The molecular weight excluding hydrogens is 455 g/mol. The third-order valence-electron chi connectivity index (χ3n) is 5.15. The minimum atomic E-state index is -4.42. The first-order valence-corrected chi connectivity index (χ1v) is 10.7. The summed E-state index contributed by atoms with van der Waals surface area (Å²) in [6, 6.07) is 4.19. The van der Waals surface area contributed by atoms with E-state index in [1.165, 1.54) is 16.9 Å². The Morgan fingerprint density at radius 2 is 2.00 bits per heavy atom. The van der Waals surface area contributed by atoms with E-state index in [9.17, 15) is 27.6 Å². The van der Waals surface area contributed by atoms with Gasteiger partial charge in [-0.3, -0.25) is 9.48 Å². The number of hydrogen-bond donors (Lipinski definition) is 2. The van der Waals surface area contributed by atoms with Gasteiger partial charge in [0.15, 0.2) is 0 Å². The molecule has 2 aromatic heterocycles. The van der Waals surface area contributed by atoms with E-state index < -0.39 is 47.6 Å². The van der Waals surface area contributed by atoms with Crippen molar-refractivity contribution in [2.45, 2.75) is 15.8 Å². The van der Waals surface area contributed by atoms with E-state index >= 15 is 0 Å². The molecule has 0 saturated carbocycles. The molecule has 2 N–H and O–H groups in total. The Morgan fingerprint density at radius 1 is 1.26 bits per heavy atom. The molecule has 1 aliphatic heterocycles. The topological polar surface area (TPSA) is 136 Å². The molecule has 0 aliphatic carbocycles. The Bertz CT molecular complexity index is 1620. The normalized spacial score (nSPS) is 14.9. The van der Waals surface area contributed by atoms with Crippen molar-refractivity contribution in [3.8, 4) is 0 Å². The van der Waals surface area contributed by atoms with Gasteiger partial charge < -0.3 is 14.9 Å². The zero-order valence-electron chi connectivity index (χ0n) is 15.4. The lowest BCUT2D eigenvalue weighted by molar-refractivity contribution is -0.0266. The van der Waals surface area contributed by atoms with Gasteiger partial charge in [0.2, 0.25) is 9.84 Å². The molecule has 4 aromatic rings. The molecule has 0 radical (unpaired) electrons. The number of sulfone groups is 1. The molecule has 1 aliphatic rings. The lowest BCUT2D eigenvalue weighted by Gasteiger charge is -2.26. The van der Waals surface area contributed by atoms with Crippen molar-refractivity contribution in [3.63, 3.8) is 0 Å². The van der Waals surface area contributed by atoms with Crippen LogP contribution in [0.5, 0.6) is 0 Å². The Morgan fingerprint density at radius 3 is 2.68 bits per heavy atom. The first kappa shape index (κ1) is 19.7. The standard InChI is InChI=1S/C18H12ClFN4O6S/c19-11-1-2-14(16-15(11)17(25)24(27)18(26)22-16)31(28,29)9-3-12(20)10-5-21-23(13(10)4-9)8-6-30-7-8/h1-5,8,27H,6-7H2,(H,22,26). The van der Waals surface area contributed by atoms with E-state index in [1.807, 2.05) is 0 Å². The second kappa shape index (κ2) is 6.64. The van der Waals surface area contributed by atoms with E-state index in [-0.39, 0.29) is 26.7 Å². The van der Waals surface area contributed by atoms with Crippen molar-refractivity contribution in [1.29, 1.82) is 0 Å². The molecule has 13 heteroatoms. The predicted octanol–water partition coefficient (Wildman–Crippen LogP) is 1.47. The average Bonchev–Trinajstić information content (AvgIpc) is 3.09. The van der Waals surface area contributed by atoms with Crippen LogP contribution in [0.15, 0.2) is 49.8 Å². The second-order valence-electron chi connectivity index (χ2n) is 6.96. The van der Waals surface area contributed by atoms with Crippen molar-refractivity contribution in [3.05, 3.63) is 62.1 Å². The third kappa shape index (κ3) is 2.79. The van der Waals surface area contributed by atoms with Crippen molar-refractivity contribution in [2.75, 3.05) is 13.2 Å². The van der Waals surface area contributed by atoms with Crippen LogP contribution in [0.4, 0.5) is 4.39 Å². The summed E-state index contributed by atoms with van der Waals surface area (Å²) < 4.78 is 47.9. The molecule has 0 bridgehead atoms. The highest BCUT2D eigenvalue weighted by Crippen LogP contribution is 2.33. The zero-order valence-corrected chi connectivity index (χ0v) is 16.9. The number of nitrogens with one attached hydrogen (secondary N) is 1. The largest absolute Gasteiger partial charge is 0.421 e. The van der Waals surface area contributed by atoms with E-state index in [0.717, 1.165) is 18.2 Å². The van der Waals surface area contributed by atoms with Crippen LogP contribution in [0.1, 0.15) is 6.04 Å². The SMILES string of the molecule is O=c1[nH]c2c(S(=O)(=O)c3cc(F)c4cnn(C5COC5)c4c3)ccc(Cl)c2c(=O)n1O. The van der Waals surface area contributed by atoms with Crippen LogP contribution < -0.4 is 11.2 Å². The molecule has 5 rings (SSSR count). The molecule has 3 heterocycles. The van der Waals surface area contributed by atoms with Gasteiger partial charge in [0.05, 0.1) is 62.1 Å². The number of halogens is 2. The van der Waals surface area contributed by atoms with Crippen LogP contribution in [0, 0.1) is 5.82 Å². The molecule has 1 fully saturated rings. The van der Waals surface area contributed by atoms with Gasteiger partial charge in [-0.25, -0.2) is 17.6 Å². The molecule has 160 valence electrons. The number of benzene rings is 2. The van der Waals surface area contributed by atoms with Crippen molar-refractivity contribution in [1.82, 2.24) is 19.5 Å². The number of nitrogens with zero attached hydrogens (tertiary/aromatic N) is 3. The number of fused-ring (bicyclic) bond motifs is 2. The Kier molecular flexibility index (Phi) is 4.22. The minimum Gasteiger partial charge on any atom is -0.421 e. The summed E-state index contributed by atoms with van der Waals surface area (Å²) >= 11 is 6.00. The van der Waals surface area contributed by atoms with Crippen LogP contribution in [-0.2, 0) is 14.6 Å². The summed E-state index contributed by atoms with van der Waals surface area (Å²) in [4.78, 5) is 25.4. The quantitative estimate of drug-likeness (QED) is 0.436. The maximum Gasteiger partial charge on any atom is 0.362 e. The van der Waals surface area contributed by atoms with Crippen LogP contribution in [0.25, 0.3) is 21.8 Å². The van der Waals surface area contributed by atoms with Crippen LogP contribution in [0.2, 0.25) is 5.02 Å². The third-order valence-corrected chi connectivity index (χ3v) is 7.24. The molecule has 31 heavy (non-hydrogen) atoms. The first-order valence-electron chi connectivity index (χ1n) is 8.86. The summed E-state index contributed by atoms with van der Waals surface area (Å²) in [5.41, 5.74) is -2.57. The van der Waals surface area contributed by atoms with Crippen LogP contribution in [-0.4, -0.2) is 46.3 Å². The number of ether oxygens (including phenoxy) is 1. The second-order valence-corrected chi connectivity index (χ2v) is 9.29. The van der Waals surface area contributed by atoms with E-state index in [1.54, 1.807) is 0 Å². The number of aromatic amines is 1. The fourth-order valence-electron chi connectivity index (χ4n) is 3.49. The van der Waals surface area contributed by atoms with E-state index in [2.05, 4.69) is 10.1 Å². The van der Waals surface area contributed by atoms with Gasteiger partial charge in [-0.05, 0) is 24.3 Å².